The van der Waals surface area contributed by atoms with Gasteiger partial charge in [-0.15, -0.1) is 0 Å². The van der Waals surface area contributed by atoms with Gasteiger partial charge in [-0.1, -0.05) is 26.2 Å². The molecule has 0 amide bonds. The molecule has 0 spiro atoms. The van der Waals surface area contributed by atoms with Crippen molar-refractivity contribution in [2.75, 3.05) is 52.4 Å². The van der Waals surface area contributed by atoms with Gasteiger partial charge < -0.3 is 21.3 Å². The molecular formula is C27H52N4. The average molecular weight is 433 g/mol. The quantitative estimate of drug-likeness (QED) is 0.261. The molecule has 3 bridgehead atoms. The molecule has 4 nitrogen and oxygen atoms in total. The summed E-state index contributed by atoms with van der Waals surface area (Å²) in [6.07, 6.45) is 17.5. The summed E-state index contributed by atoms with van der Waals surface area (Å²) in [6.45, 7) is 11.9. The highest BCUT2D eigenvalue weighted by Crippen LogP contribution is 2.59. The normalized spacial score (nSPS) is 36.1. The van der Waals surface area contributed by atoms with Gasteiger partial charge in [-0.3, -0.25) is 0 Å². The Bertz CT molecular complexity index is 507. The van der Waals surface area contributed by atoms with Gasteiger partial charge >= 0.3 is 0 Å². The van der Waals surface area contributed by atoms with Crippen LogP contribution in [-0.2, 0) is 0 Å². The summed E-state index contributed by atoms with van der Waals surface area (Å²) in [5.74, 6) is 5.13. The molecule has 0 saturated heterocycles. The minimum absolute atomic E-state index is 0.693. The second-order valence-corrected chi connectivity index (χ2v) is 11.8. The molecule has 0 heterocycles. The second kappa shape index (κ2) is 12.3. The average Bonchev–Trinajstić information content (AvgIpc) is 3.48. The fraction of sp³-hybridized carbons (Fsp3) is 1.00. The van der Waals surface area contributed by atoms with Gasteiger partial charge in [0.25, 0.3) is 0 Å². The minimum Gasteiger partial charge on any atom is -0.317 e. The monoisotopic (exact) mass is 432 g/mol. The van der Waals surface area contributed by atoms with E-state index < -0.39 is 0 Å². The van der Waals surface area contributed by atoms with E-state index in [0.29, 0.717) is 5.41 Å². The maximum absolute atomic E-state index is 3.89. The number of nitrogens with one attached hydrogen (secondary N) is 4. The Hall–Kier alpha value is -0.160. The highest BCUT2D eigenvalue weighted by molar-refractivity contribution is 5.02. The molecule has 4 fully saturated rings. The Morgan fingerprint density at radius 1 is 0.677 bits per heavy atom. The lowest BCUT2D eigenvalue weighted by Gasteiger charge is -2.38. The first-order valence-corrected chi connectivity index (χ1v) is 14.1. The van der Waals surface area contributed by atoms with Crippen molar-refractivity contribution in [1.82, 2.24) is 21.3 Å². The van der Waals surface area contributed by atoms with Crippen molar-refractivity contribution in [2.24, 2.45) is 35.0 Å². The Labute approximate surface area is 192 Å². The first-order chi connectivity index (χ1) is 15.3. The number of rotatable bonds is 17. The van der Waals surface area contributed by atoms with E-state index in [1.165, 1.54) is 90.8 Å². The second-order valence-electron chi connectivity index (χ2n) is 11.8. The number of fused-ring (bicyclic) bond motifs is 2. The zero-order valence-electron chi connectivity index (χ0n) is 20.5. The molecule has 0 aromatic rings. The Morgan fingerprint density at radius 2 is 1.32 bits per heavy atom. The smallest absolute Gasteiger partial charge is 0.000812 e. The summed E-state index contributed by atoms with van der Waals surface area (Å²) < 4.78 is 0. The Kier molecular flexibility index (Phi) is 9.55. The van der Waals surface area contributed by atoms with Crippen LogP contribution in [0.1, 0.15) is 84.0 Å². The molecule has 4 unspecified atom stereocenters. The standard InChI is InChI=1S/C27H52N4/c1-2-28-10-3-4-11-29-19-25-15-26(25)20-30-12-5-6-13-31-21-27-16-22-8-7-9-23(17-27)24(14-22)18-27/h22-26,28-31H,2-21H2,1H3/t22?,23?,24?,25-,26+,27?/m1/s1. The van der Waals surface area contributed by atoms with Gasteiger partial charge in [-0.2, -0.15) is 0 Å². The van der Waals surface area contributed by atoms with Crippen LogP contribution in [0.15, 0.2) is 0 Å². The van der Waals surface area contributed by atoms with E-state index in [4.69, 9.17) is 0 Å². The fourth-order valence-electron chi connectivity index (χ4n) is 7.45. The molecule has 0 aromatic heterocycles. The third kappa shape index (κ3) is 7.42. The van der Waals surface area contributed by atoms with Gasteiger partial charge in [0.15, 0.2) is 0 Å². The lowest BCUT2D eigenvalue weighted by molar-refractivity contribution is 0.144. The van der Waals surface area contributed by atoms with Crippen molar-refractivity contribution in [3.8, 4) is 0 Å². The number of hydrogen-bond donors (Lipinski definition) is 4. The molecule has 0 aliphatic heterocycles. The summed E-state index contributed by atoms with van der Waals surface area (Å²) in [5.41, 5.74) is 0.693. The summed E-state index contributed by atoms with van der Waals surface area (Å²) in [6, 6.07) is 0. The van der Waals surface area contributed by atoms with Crippen molar-refractivity contribution < 1.29 is 0 Å². The predicted octanol–water partition coefficient (Wildman–Crippen LogP) is 4.17. The van der Waals surface area contributed by atoms with Gasteiger partial charge in [-0.05, 0) is 139 Å². The minimum atomic E-state index is 0.693. The molecule has 4 aliphatic rings. The van der Waals surface area contributed by atoms with E-state index in [1.807, 2.05) is 0 Å². The largest absolute Gasteiger partial charge is 0.317 e. The van der Waals surface area contributed by atoms with E-state index in [0.717, 1.165) is 36.1 Å². The van der Waals surface area contributed by atoms with Crippen LogP contribution in [0.2, 0.25) is 0 Å². The van der Waals surface area contributed by atoms with Crippen LogP contribution in [0.4, 0.5) is 0 Å². The molecule has 4 saturated carbocycles. The van der Waals surface area contributed by atoms with Crippen LogP contribution >= 0.6 is 0 Å². The van der Waals surface area contributed by atoms with E-state index in [9.17, 15) is 0 Å². The highest BCUT2D eigenvalue weighted by Gasteiger charge is 2.50. The highest BCUT2D eigenvalue weighted by atomic mass is 14.9. The van der Waals surface area contributed by atoms with Gasteiger partial charge in [0.05, 0.1) is 0 Å². The number of unbranched alkanes of at least 4 members (excludes halogenated alkanes) is 2. The van der Waals surface area contributed by atoms with Crippen LogP contribution in [-0.4, -0.2) is 52.4 Å². The summed E-state index contributed by atoms with van der Waals surface area (Å²) in [7, 11) is 0. The van der Waals surface area contributed by atoms with Crippen molar-refractivity contribution in [3.63, 3.8) is 0 Å². The van der Waals surface area contributed by atoms with Crippen LogP contribution in [0, 0.1) is 35.0 Å². The number of hydrogen-bond acceptors (Lipinski definition) is 4. The lowest BCUT2D eigenvalue weighted by atomic mass is 9.69. The maximum Gasteiger partial charge on any atom is 0.000812 e. The van der Waals surface area contributed by atoms with Crippen LogP contribution < -0.4 is 21.3 Å². The molecule has 31 heavy (non-hydrogen) atoms. The molecular weight excluding hydrogens is 380 g/mol. The first kappa shape index (κ1) is 24.0. The molecule has 4 N–H and O–H groups in total. The predicted molar refractivity (Wildman–Crippen MR) is 132 cm³/mol. The fourth-order valence-corrected chi connectivity index (χ4v) is 7.45. The molecule has 0 radical (unpaired) electrons. The van der Waals surface area contributed by atoms with Crippen molar-refractivity contribution >= 4 is 0 Å². The van der Waals surface area contributed by atoms with E-state index in [2.05, 4.69) is 28.2 Å². The SMILES string of the molecule is CCNCCCCNC[C@H]1C[C@H]1CNCCCCNCC12CC3CCCC(C1)C(C3)C2. The molecule has 4 heteroatoms. The molecule has 4 rings (SSSR count). The van der Waals surface area contributed by atoms with Gasteiger partial charge in [-0.25, -0.2) is 0 Å². The Balaban J connectivity index is 0.941. The van der Waals surface area contributed by atoms with E-state index in [-0.39, 0.29) is 0 Å². The topological polar surface area (TPSA) is 48.1 Å². The summed E-state index contributed by atoms with van der Waals surface area (Å²) in [5, 5.41) is 14.7. The first-order valence-electron chi connectivity index (χ1n) is 14.1. The van der Waals surface area contributed by atoms with Crippen LogP contribution in [0.25, 0.3) is 0 Å². The molecule has 0 aromatic carbocycles. The van der Waals surface area contributed by atoms with Crippen LogP contribution in [0.5, 0.6) is 0 Å². The van der Waals surface area contributed by atoms with Crippen LogP contribution in [0.3, 0.4) is 0 Å². The van der Waals surface area contributed by atoms with Gasteiger partial charge in [0, 0.05) is 6.54 Å². The third-order valence-electron chi connectivity index (χ3n) is 9.15. The van der Waals surface area contributed by atoms with Crippen molar-refractivity contribution in [3.05, 3.63) is 0 Å². The van der Waals surface area contributed by atoms with E-state index in [1.54, 1.807) is 32.1 Å². The van der Waals surface area contributed by atoms with Crippen molar-refractivity contribution in [2.45, 2.75) is 84.0 Å². The third-order valence-corrected chi connectivity index (χ3v) is 9.15. The molecule has 180 valence electrons. The zero-order valence-corrected chi connectivity index (χ0v) is 20.5. The molecule has 4 aliphatic carbocycles. The Morgan fingerprint density at radius 3 is 2.03 bits per heavy atom. The van der Waals surface area contributed by atoms with Gasteiger partial charge in [0.1, 0.15) is 0 Å². The molecule has 6 atom stereocenters. The van der Waals surface area contributed by atoms with Crippen molar-refractivity contribution in [1.29, 1.82) is 0 Å². The zero-order chi connectivity index (χ0) is 21.4. The van der Waals surface area contributed by atoms with Gasteiger partial charge in [0.2, 0.25) is 0 Å². The van der Waals surface area contributed by atoms with E-state index >= 15 is 0 Å². The lowest BCUT2D eigenvalue weighted by Crippen LogP contribution is -2.37. The summed E-state index contributed by atoms with van der Waals surface area (Å²) in [4.78, 5) is 0. The summed E-state index contributed by atoms with van der Waals surface area (Å²) >= 11 is 0. The maximum atomic E-state index is 3.89.